The van der Waals surface area contributed by atoms with Gasteiger partial charge < -0.3 is 9.26 Å². The van der Waals surface area contributed by atoms with E-state index in [-0.39, 0.29) is 18.5 Å². The summed E-state index contributed by atoms with van der Waals surface area (Å²) >= 11 is 0. The Kier molecular flexibility index (Phi) is 6.96. The van der Waals surface area contributed by atoms with Crippen LogP contribution in [0.4, 0.5) is 13.2 Å². The van der Waals surface area contributed by atoms with Crippen LogP contribution in [0.3, 0.4) is 0 Å². The zero-order valence-electron chi connectivity index (χ0n) is 18.3. The molecule has 0 unspecified atom stereocenters. The van der Waals surface area contributed by atoms with Crippen LogP contribution in [-0.4, -0.2) is 66.3 Å². The van der Waals surface area contributed by atoms with Gasteiger partial charge in [0.05, 0.1) is 12.8 Å². The number of nitrogens with zero attached hydrogens (tertiary/aromatic N) is 4. The molecule has 0 spiro atoms. The molecule has 182 valence electrons. The maximum atomic E-state index is 12.6. The molecule has 1 aromatic carbocycles. The largest absolute Gasteiger partial charge is 0.490 e. The predicted octanol–water partition coefficient (Wildman–Crippen LogP) is 3.27. The van der Waals surface area contributed by atoms with Crippen molar-refractivity contribution < 1.29 is 30.8 Å². The summed E-state index contributed by atoms with van der Waals surface area (Å²) in [5, 5.41) is 2.99. The number of piperidine rings is 2. The Balaban J connectivity index is 1.23. The number of benzene rings is 1. The molecule has 8 nitrogen and oxygen atoms in total. The van der Waals surface area contributed by atoms with E-state index in [9.17, 15) is 21.6 Å². The molecule has 1 aromatic heterocycles. The fraction of sp³-hybridized carbons (Fsp3) is 0.619. The summed E-state index contributed by atoms with van der Waals surface area (Å²) in [5.41, 5.74) is 1.18. The minimum Gasteiger partial charge on any atom is -0.490 e. The summed E-state index contributed by atoms with van der Waals surface area (Å²) in [6, 6.07) is 7.97. The molecule has 0 N–H and O–H groups in total. The van der Waals surface area contributed by atoms with Crippen LogP contribution >= 0.6 is 0 Å². The van der Waals surface area contributed by atoms with Crippen molar-refractivity contribution >= 4 is 10.0 Å². The second kappa shape index (κ2) is 9.59. The highest BCUT2D eigenvalue weighted by Crippen LogP contribution is 2.31. The van der Waals surface area contributed by atoms with E-state index in [2.05, 4.69) is 10.1 Å². The normalized spacial score (nSPS) is 20.2. The molecular weight excluding hydrogens is 461 g/mol. The SMILES string of the molecule is CS(=O)(=O)N1CCC(c2ccc(OC3CCN(Cc4nc(C(F)(F)F)no4)CC3)cc2)CC1. The van der Waals surface area contributed by atoms with Crippen LogP contribution in [0.2, 0.25) is 0 Å². The molecule has 0 bridgehead atoms. The van der Waals surface area contributed by atoms with Gasteiger partial charge in [0.1, 0.15) is 11.9 Å². The number of sulfonamides is 1. The number of aromatic nitrogens is 2. The lowest BCUT2D eigenvalue weighted by atomic mass is 9.90. The van der Waals surface area contributed by atoms with Crippen molar-refractivity contribution in [3.63, 3.8) is 0 Å². The van der Waals surface area contributed by atoms with E-state index in [0.29, 0.717) is 32.1 Å². The van der Waals surface area contributed by atoms with Crippen molar-refractivity contribution in [2.24, 2.45) is 0 Å². The summed E-state index contributed by atoms with van der Waals surface area (Å²) < 4.78 is 73.4. The van der Waals surface area contributed by atoms with Gasteiger partial charge in [-0.1, -0.05) is 17.3 Å². The first-order chi connectivity index (χ1) is 15.6. The van der Waals surface area contributed by atoms with Crippen molar-refractivity contribution in [3.8, 4) is 5.75 Å². The summed E-state index contributed by atoms with van der Waals surface area (Å²) in [6.45, 7) is 2.59. The van der Waals surface area contributed by atoms with Gasteiger partial charge in [-0.2, -0.15) is 18.2 Å². The van der Waals surface area contributed by atoms with E-state index in [0.717, 1.165) is 31.4 Å². The highest BCUT2D eigenvalue weighted by molar-refractivity contribution is 7.88. The number of hydrogen-bond acceptors (Lipinski definition) is 7. The van der Waals surface area contributed by atoms with Crippen LogP contribution in [0.5, 0.6) is 5.75 Å². The molecule has 0 atom stereocenters. The Hall–Kier alpha value is -2.18. The molecule has 0 amide bonds. The second-order valence-corrected chi connectivity index (χ2v) is 10.6. The first-order valence-electron chi connectivity index (χ1n) is 10.9. The van der Waals surface area contributed by atoms with Crippen molar-refractivity contribution in [1.82, 2.24) is 19.3 Å². The maximum Gasteiger partial charge on any atom is 0.455 e. The van der Waals surface area contributed by atoms with E-state index < -0.39 is 22.0 Å². The molecule has 2 aliphatic rings. The highest BCUT2D eigenvalue weighted by Gasteiger charge is 2.37. The monoisotopic (exact) mass is 488 g/mol. The molecule has 12 heteroatoms. The molecule has 0 radical (unpaired) electrons. The molecule has 2 fully saturated rings. The lowest BCUT2D eigenvalue weighted by Crippen LogP contribution is -2.38. The van der Waals surface area contributed by atoms with Gasteiger partial charge in [0.15, 0.2) is 0 Å². The zero-order valence-corrected chi connectivity index (χ0v) is 19.1. The van der Waals surface area contributed by atoms with Crippen LogP contribution in [0, 0.1) is 0 Å². The molecule has 2 saturated heterocycles. The Morgan fingerprint density at radius 3 is 2.24 bits per heavy atom. The first kappa shape index (κ1) is 24.0. The van der Waals surface area contributed by atoms with Gasteiger partial charge in [-0.3, -0.25) is 4.90 Å². The number of alkyl halides is 3. The first-order valence-corrected chi connectivity index (χ1v) is 12.8. The fourth-order valence-corrected chi connectivity index (χ4v) is 5.22. The summed E-state index contributed by atoms with van der Waals surface area (Å²) in [5.74, 6) is -0.180. The van der Waals surface area contributed by atoms with E-state index in [1.54, 1.807) is 0 Å². The number of hydrogen-bond donors (Lipinski definition) is 0. The number of likely N-dealkylation sites (tertiary alicyclic amines) is 1. The molecule has 2 aromatic rings. The number of ether oxygens (including phenoxy) is 1. The van der Waals surface area contributed by atoms with Crippen LogP contribution in [-0.2, 0) is 22.7 Å². The van der Waals surface area contributed by atoms with Crippen molar-refractivity contribution in [3.05, 3.63) is 41.5 Å². The summed E-state index contributed by atoms with van der Waals surface area (Å²) in [6.07, 6.45) is -0.243. The molecular formula is C21H27F3N4O4S. The Morgan fingerprint density at radius 1 is 1.06 bits per heavy atom. The van der Waals surface area contributed by atoms with Gasteiger partial charge in [-0.25, -0.2) is 12.7 Å². The Labute approximate surface area is 190 Å². The third kappa shape index (κ3) is 6.24. The molecule has 0 saturated carbocycles. The van der Waals surface area contributed by atoms with Gasteiger partial charge in [0.25, 0.3) is 5.82 Å². The Bertz CT molecular complexity index is 1030. The number of rotatable bonds is 6. The van der Waals surface area contributed by atoms with E-state index in [1.807, 2.05) is 29.2 Å². The molecule has 3 heterocycles. The minimum absolute atomic E-state index is 0.0264. The highest BCUT2D eigenvalue weighted by atomic mass is 32.2. The quantitative estimate of drug-likeness (QED) is 0.617. The molecule has 0 aliphatic carbocycles. The third-order valence-corrected chi connectivity index (χ3v) is 7.50. The summed E-state index contributed by atoms with van der Waals surface area (Å²) in [4.78, 5) is 5.39. The smallest absolute Gasteiger partial charge is 0.455 e. The topological polar surface area (TPSA) is 88.8 Å². The van der Waals surface area contributed by atoms with Crippen molar-refractivity contribution in [1.29, 1.82) is 0 Å². The van der Waals surface area contributed by atoms with Gasteiger partial charge in [-0.15, -0.1) is 0 Å². The van der Waals surface area contributed by atoms with E-state index in [4.69, 9.17) is 9.26 Å². The van der Waals surface area contributed by atoms with Crippen LogP contribution in [0.15, 0.2) is 28.8 Å². The van der Waals surface area contributed by atoms with E-state index >= 15 is 0 Å². The van der Waals surface area contributed by atoms with Crippen LogP contribution in [0.25, 0.3) is 0 Å². The van der Waals surface area contributed by atoms with Gasteiger partial charge in [0, 0.05) is 26.2 Å². The van der Waals surface area contributed by atoms with Crippen LogP contribution < -0.4 is 4.74 Å². The number of halogens is 3. The average molecular weight is 489 g/mol. The molecule has 33 heavy (non-hydrogen) atoms. The van der Waals surface area contributed by atoms with Gasteiger partial charge in [-0.05, 0) is 49.3 Å². The second-order valence-electron chi connectivity index (χ2n) is 8.61. The van der Waals surface area contributed by atoms with E-state index in [1.165, 1.54) is 16.1 Å². The third-order valence-electron chi connectivity index (χ3n) is 6.19. The van der Waals surface area contributed by atoms with Gasteiger partial charge in [0.2, 0.25) is 15.9 Å². The van der Waals surface area contributed by atoms with Gasteiger partial charge >= 0.3 is 6.18 Å². The maximum absolute atomic E-state index is 12.6. The predicted molar refractivity (Wildman–Crippen MR) is 113 cm³/mol. The Morgan fingerprint density at radius 2 is 1.70 bits per heavy atom. The lowest BCUT2D eigenvalue weighted by Gasteiger charge is -2.31. The summed E-state index contributed by atoms with van der Waals surface area (Å²) in [7, 11) is -3.13. The molecule has 4 rings (SSSR count). The van der Waals surface area contributed by atoms with Crippen LogP contribution in [0.1, 0.15) is 48.9 Å². The fourth-order valence-electron chi connectivity index (χ4n) is 4.34. The standard InChI is InChI=1S/C21H27F3N4O4S/c1-33(29,30)28-12-6-16(7-13-28)15-2-4-17(5-3-15)31-18-8-10-27(11-9-18)14-19-25-20(26-32-19)21(22,23)24/h2-5,16,18H,6-14H2,1H3. The zero-order chi connectivity index (χ0) is 23.6. The average Bonchev–Trinajstić information content (AvgIpc) is 3.24. The minimum atomic E-state index is -4.61. The molecule has 2 aliphatic heterocycles. The lowest BCUT2D eigenvalue weighted by molar-refractivity contribution is -0.146. The van der Waals surface area contributed by atoms with Crippen molar-refractivity contribution in [2.45, 2.75) is 50.4 Å². The van der Waals surface area contributed by atoms with Crippen molar-refractivity contribution in [2.75, 3.05) is 32.4 Å².